The van der Waals surface area contributed by atoms with Crippen LogP contribution < -0.4 is 0 Å². The predicted molar refractivity (Wildman–Crippen MR) is 78.6 cm³/mol. The summed E-state index contributed by atoms with van der Waals surface area (Å²) >= 11 is 0. The molecule has 1 N–H and O–H groups in total. The topological polar surface area (TPSA) is 55.1 Å². The Morgan fingerprint density at radius 1 is 1.40 bits per heavy atom. The highest BCUT2D eigenvalue weighted by Crippen LogP contribution is 2.42. The van der Waals surface area contributed by atoms with E-state index in [1.807, 2.05) is 10.9 Å². The van der Waals surface area contributed by atoms with Gasteiger partial charge in [0.25, 0.3) is 0 Å². The highest BCUT2D eigenvalue weighted by atomic mass is 16.4. The third-order valence-corrected chi connectivity index (χ3v) is 4.51. The van der Waals surface area contributed by atoms with Crippen LogP contribution in [0.5, 0.6) is 0 Å². The van der Waals surface area contributed by atoms with Gasteiger partial charge < -0.3 is 5.11 Å². The third kappa shape index (κ3) is 3.41. The molecule has 1 aliphatic rings. The SMILES string of the molecule is CCCC1CCC(C(=O)O)C(c2cnn(CCC)c2)C1. The second-order valence-electron chi connectivity index (χ2n) is 6.06. The largest absolute Gasteiger partial charge is 0.481 e. The maximum atomic E-state index is 11.5. The first kappa shape index (κ1) is 15.1. The first-order valence-corrected chi connectivity index (χ1v) is 7.90. The minimum Gasteiger partial charge on any atom is -0.481 e. The van der Waals surface area contributed by atoms with E-state index in [4.69, 9.17) is 0 Å². The number of carboxylic acids is 1. The summed E-state index contributed by atoms with van der Waals surface area (Å²) in [6, 6.07) is 0. The molecule has 1 aromatic rings. The standard InChI is InChI=1S/C16H26N2O2/c1-3-5-12-6-7-14(16(19)20)15(9-12)13-10-17-18(11-13)8-4-2/h10-12,14-15H,3-9H2,1-2H3,(H,19,20). The van der Waals surface area contributed by atoms with Crippen molar-refractivity contribution < 1.29 is 9.90 Å². The molecule has 3 atom stereocenters. The molecule has 112 valence electrons. The number of aliphatic carboxylic acids is 1. The van der Waals surface area contributed by atoms with Crippen LogP contribution in [0.15, 0.2) is 12.4 Å². The van der Waals surface area contributed by atoms with E-state index in [1.54, 1.807) is 0 Å². The zero-order chi connectivity index (χ0) is 14.5. The molecule has 0 aromatic carbocycles. The molecule has 1 heterocycles. The number of aromatic nitrogens is 2. The van der Waals surface area contributed by atoms with Crippen LogP contribution in [-0.4, -0.2) is 20.9 Å². The van der Waals surface area contributed by atoms with Crippen molar-refractivity contribution in [2.45, 2.75) is 64.8 Å². The van der Waals surface area contributed by atoms with Crippen LogP contribution in [0.4, 0.5) is 0 Å². The fourth-order valence-electron chi connectivity index (χ4n) is 3.51. The van der Waals surface area contributed by atoms with E-state index >= 15 is 0 Å². The Kier molecular flexibility index (Phi) is 5.21. The second-order valence-corrected chi connectivity index (χ2v) is 6.06. The summed E-state index contributed by atoms with van der Waals surface area (Å²) in [6.45, 7) is 5.24. The molecule has 1 fully saturated rings. The van der Waals surface area contributed by atoms with Crippen LogP contribution in [0.1, 0.15) is 63.9 Å². The first-order chi connectivity index (χ1) is 9.65. The molecule has 0 saturated heterocycles. The van der Waals surface area contributed by atoms with E-state index < -0.39 is 5.97 Å². The van der Waals surface area contributed by atoms with Gasteiger partial charge in [-0.3, -0.25) is 9.48 Å². The van der Waals surface area contributed by atoms with Crippen molar-refractivity contribution >= 4 is 5.97 Å². The van der Waals surface area contributed by atoms with Crippen molar-refractivity contribution in [1.82, 2.24) is 9.78 Å². The lowest BCUT2D eigenvalue weighted by atomic mass is 9.70. The summed E-state index contributed by atoms with van der Waals surface area (Å²) in [5.74, 6) is -0.0610. The summed E-state index contributed by atoms with van der Waals surface area (Å²) in [5.41, 5.74) is 1.12. The number of carbonyl (C=O) groups is 1. The number of carboxylic acid groups (broad SMARTS) is 1. The molecule has 0 spiro atoms. The highest BCUT2D eigenvalue weighted by Gasteiger charge is 2.36. The highest BCUT2D eigenvalue weighted by molar-refractivity contribution is 5.71. The number of hydrogen-bond donors (Lipinski definition) is 1. The molecule has 2 rings (SSSR count). The smallest absolute Gasteiger partial charge is 0.307 e. The van der Waals surface area contributed by atoms with Gasteiger partial charge in [0.2, 0.25) is 0 Å². The Hall–Kier alpha value is -1.32. The Balaban J connectivity index is 2.15. The fourth-order valence-corrected chi connectivity index (χ4v) is 3.51. The van der Waals surface area contributed by atoms with Crippen LogP contribution in [0.25, 0.3) is 0 Å². The van der Waals surface area contributed by atoms with Gasteiger partial charge >= 0.3 is 5.97 Å². The average molecular weight is 278 g/mol. The van der Waals surface area contributed by atoms with Gasteiger partial charge in [0, 0.05) is 18.7 Å². The van der Waals surface area contributed by atoms with Crippen molar-refractivity contribution in [2.75, 3.05) is 0 Å². The maximum Gasteiger partial charge on any atom is 0.307 e. The van der Waals surface area contributed by atoms with Crippen LogP contribution in [-0.2, 0) is 11.3 Å². The van der Waals surface area contributed by atoms with E-state index in [0.29, 0.717) is 5.92 Å². The molecular weight excluding hydrogens is 252 g/mol. The van der Waals surface area contributed by atoms with Gasteiger partial charge in [0.05, 0.1) is 12.1 Å². The van der Waals surface area contributed by atoms with E-state index in [2.05, 4.69) is 25.1 Å². The monoisotopic (exact) mass is 278 g/mol. The lowest BCUT2D eigenvalue weighted by molar-refractivity contribution is -0.143. The molecule has 1 aromatic heterocycles. The molecule has 1 aliphatic carbocycles. The Labute approximate surface area is 121 Å². The molecule has 0 bridgehead atoms. The van der Waals surface area contributed by atoms with Gasteiger partial charge in [-0.15, -0.1) is 0 Å². The van der Waals surface area contributed by atoms with Gasteiger partial charge in [0.15, 0.2) is 0 Å². The van der Waals surface area contributed by atoms with Crippen molar-refractivity contribution in [2.24, 2.45) is 11.8 Å². The van der Waals surface area contributed by atoms with E-state index in [1.165, 1.54) is 12.8 Å². The quantitative estimate of drug-likeness (QED) is 0.863. The minimum absolute atomic E-state index is 0.142. The predicted octanol–water partition coefficient (Wildman–Crippen LogP) is 3.68. The molecule has 0 amide bonds. The third-order valence-electron chi connectivity index (χ3n) is 4.51. The number of rotatable bonds is 6. The molecule has 4 heteroatoms. The summed E-state index contributed by atoms with van der Waals surface area (Å²) in [4.78, 5) is 11.5. The zero-order valence-electron chi connectivity index (χ0n) is 12.6. The van der Waals surface area contributed by atoms with Gasteiger partial charge in [-0.2, -0.15) is 5.10 Å². The second kappa shape index (κ2) is 6.91. The molecular formula is C16H26N2O2. The zero-order valence-corrected chi connectivity index (χ0v) is 12.6. The number of hydrogen-bond acceptors (Lipinski definition) is 2. The van der Waals surface area contributed by atoms with Gasteiger partial charge in [-0.25, -0.2) is 0 Å². The average Bonchev–Trinajstić information content (AvgIpc) is 2.88. The molecule has 3 unspecified atom stereocenters. The van der Waals surface area contributed by atoms with E-state index in [0.717, 1.165) is 37.8 Å². The summed E-state index contributed by atoms with van der Waals surface area (Å²) in [6.07, 6.45) is 10.3. The molecule has 4 nitrogen and oxygen atoms in total. The Morgan fingerprint density at radius 3 is 2.85 bits per heavy atom. The van der Waals surface area contributed by atoms with Crippen LogP contribution in [0, 0.1) is 11.8 Å². The van der Waals surface area contributed by atoms with Crippen LogP contribution >= 0.6 is 0 Å². The lowest BCUT2D eigenvalue weighted by Crippen LogP contribution is -2.29. The van der Waals surface area contributed by atoms with Crippen molar-refractivity contribution in [3.8, 4) is 0 Å². The van der Waals surface area contributed by atoms with Crippen LogP contribution in [0.2, 0.25) is 0 Å². The van der Waals surface area contributed by atoms with E-state index in [9.17, 15) is 9.90 Å². The van der Waals surface area contributed by atoms with Gasteiger partial charge in [0.1, 0.15) is 0 Å². The van der Waals surface area contributed by atoms with Crippen molar-refractivity contribution in [3.05, 3.63) is 18.0 Å². The molecule has 1 saturated carbocycles. The number of aryl methyl sites for hydroxylation is 1. The fraction of sp³-hybridized carbons (Fsp3) is 0.750. The van der Waals surface area contributed by atoms with Crippen LogP contribution in [0.3, 0.4) is 0 Å². The molecule has 0 aliphatic heterocycles. The number of nitrogens with zero attached hydrogens (tertiary/aromatic N) is 2. The van der Waals surface area contributed by atoms with Gasteiger partial charge in [-0.05, 0) is 37.2 Å². The summed E-state index contributed by atoms with van der Waals surface area (Å²) in [7, 11) is 0. The molecule has 0 radical (unpaired) electrons. The summed E-state index contributed by atoms with van der Waals surface area (Å²) < 4.78 is 1.94. The Morgan fingerprint density at radius 2 is 2.20 bits per heavy atom. The minimum atomic E-state index is -0.645. The lowest BCUT2D eigenvalue weighted by Gasteiger charge is -2.33. The first-order valence-electron chi connectivity index (χ1n) is 7.90. The van der Waals surface area contributed by atoms with E-state index in [-0.39, 0.29) is 11.8 Å². The maximum absolute atomic E-state index is 11.5. The van der Waals surface area contributed by atoms with Crippen molar-refractivity contribution in [3.63, 3.8) is 0 Å². The van der Waals surface area contributed by atoms with Gasteiger partial charge in [-0.1, -0.05) is 26.7 Å². The normalized spacial score (nSPS) is 26.6. The molecule has 20 heavy (non-hydrogen) atoms. The Bertz CT molecular complexity index is 441. The summed E-state index contributed by atoms with van der Waals surface area (Å²) in [5, 5.41) is 13.8. The van der Waals surface area contributed by atoms with Crippen molar-refractivity contribution in [1.29, 1.82) is 0 Å².